The summed E-state index contributed by atoms with van der Waals surface area (Å²) in [7, 11) is 0. The van der Waals surface area contributed by atoms with Crippen LogP contribution in [0.25, 0.3) is 0 Å². The van der Waals surface area contributed by atoms with Crippen molar-refractivity contribution in [3.05, 3.63) is 40.9 Å². The Balaban J connectivity index is 2.13. The molecule has 2 aromatic heterocycles. The predicted octanol–water partition coefficient (Wildman–Crippen LogP) is 2.03. The van der Waals surface area contributed by atoms with Gasteiger partial charge >= 0.3 is 0 Å². The van der Waals surface area contributed by atoms with Crippen LogP contribution in [0, 0.1) is 6.92 Å². The largest absolute Gasteiger partial charge is 0.382 e. The Hall–Kier alpha value is -1.88. The van der Waals surface area contributed by atoms with Gasteiger partial charge in [0.1, 0.15) is 17.2 Å². The Morgan fingerprint density at radius 2 is 2.24 bits per heavy atom. The van der Waals surface area contributed by atoms with Gasteiger partial charge in [-0.05, 0) is 24.1 Å². The first-order chi connectivity index (χ1) is 8.18. The zero-order valence-corrected chi connectivity index (χ0v) is 10.1. The molecule has 0 atom stereocenters. The first-order valence-corrected chi connectivity index (χ1v) is 5.45. The van der Waals surface area contributed by atoms with Crippen LogP contribution >= 0.6 is 11.6 Å². The summed E-state index contributed by atoms with van der Waals surface area (Å²) in [5.41, 5.74) is 7.83. The molecule has 0 saturated carbocycles. The Bertz CT molecular complexity index is 529. The standard InChI is InChI=1S/C11H12ClN5/c1-7-2-3-14-4-8(7)5-15-11-9(12)10(13)16-6-17-11/h2-4,6H,5H2,1H3,(H3,13,15,16,17). The first-order valence-electron chi connectivity index (χ1n) is 5.08. The highest BCUT2D eigenvalue weighted by molar-refractivity contribution is 6.35. The third kappa shape index (κ3) is 2.62. The van der Waals surface area contributed by atoms with E-state index in [1.54, 1.807) is 12.4 Å². The summed E-state index contributed by atoms with van der Waals surface area (Å²) >= 11 is 5.97. The quantitative estimate of drug-likeness (QED) is 0.870. The van der Waals surface area contributed by atoms with Gasteiger partial charge in [0.15, 0.2) is 5.82 Å². The fourth-order valence-corrected chi connectivity index (χ4v) is 1.53. The lowest BCUT2D eigenvalue weighted by atomic mass is 10.1. The number of nitrogen functional groups attached to an aromatic ring is 1. The van der Waals surface area contributed by atoms with Crippen LogP contribution in [0.5, 0.6) is 0 Å². The molecular formula is C11H12ClN5. The average Bonchev–Trinajstić information content (AvgIpc) is 2.33. The number of halogens is 1. The molecule has 0 aliphatic rings. The first kappa shape index (κ1) is 11.6. The van der Waals surface area contributed by atoms with Gasteiger partial charge in [0.25, 0.3) is 0 Å². The smallest absolute Gasteiger partial charge is 0.150 e. The summed E-state index contributed by atoms with van der Waals surface area (Å²) in [6, 6.07) is 1.95. The Labute approximate surface area is 104 Å². The van der Waals surface area contributed by atoms with E-state index in [-0.39, 0.29) is 5.82 Å². The maximum Gasteiger partial charge on any atom is 0.150 e. The molecule has 17 heavy (non-hydrogen) atoms. The third-order valence-corrected chi connectivity index (χ3v) is 2.78. The van der Waals surface area contributed by atoms with E-state index in [1.165, 1.54) is 6.33 Å². The van der Waals surface area contributed by atoms with Crippen molar-refractivity contribution in [3.8, 4) is 0 Å². The molecule has 88 valence electrons. The zero-order chi connectivity index (χ0) is 12.3. The molecule has 2 heterocycles. The summed E-state index contributed by atoms with van der Waals surface area (Å²) in [6.07, 6.45) is 4.94. The molecule has 0 radical (unpaired) electrons. The van der Waals surface area contributed by atoms with Crippen LogP contribution in [0.2, 0.25) is 5.02 Å². The minimum absolute atomic E-state index is 0.270. The normalized spacial score (nSPS) is 10.2. The fraction of sp³-hybridized carbons (Fsp3) is 0.182. The minimum atomic E-state index is 0.270. The van der Waals surface area contributed by atoms with Gasteiger partial charge in [-0.1, -0.05) is 11.6 Å². The molecular weight excluding hydrogens is 238 g/mol. The van der Waals surface area contributed by atoms with E-state index in [0.29, 0.717) is 17.4 Å². The number of pyridine rings is 1. The summed E-state index contributed by atoms with van der Waals surface area (Å²) in [4.78, 5) is 11.9. The highest BCUT2D eigenvalue weighted by Crippen LogP contribution is 2.23. The molecule has 2 aromatic rings. The SMILES string of the molecule is Cc1ccncc1CNc1ncnc(N)c1Cl. The molecule has 0 saturated heterocycles. The van der Waals surface area contributed by atoms with Crippen molar-refractivity contribution in [1.29, 1.82) is 0 Å². The molecule has 0 bridgehead atoms. The molecule has 0 aliphatic carbocycles. The lowest BCUT2D eigenvalue weighted by Crippen LogP contribution is -2.05. The van der Waals surface area contributed by atoms with Crippen LogP contribution in [0.4, 0.5) is 11.6 Å². The number of hydrogen-bond donors (Lipinski definition) is 2. The topological polar surface area (TPSA) is 76.7 Å². The second-order valence-electron chi connectivity index (χ2n) is 3.58. The van der Waals surface area contributed by atoms with Crippen LogP contribution in [-0.2, 0) is 6.54 Å². The van der Waals surface area contributed by atoms with Crippen molar-refractivity contribution < 1.29 is 0 Å². The van der Waals surface area contributed by atoms with E-state index in [2.05, 4.69) is 20.3 Å². The van der Waals surface area contributed by atoms with Gasteiger partial charge in [0.2, 0.25) is 0 Å². The number of aromatic nitrogens is 3. The number of hydrogen-bond acceptors (Lipinski definition) is 5. The maximum atomic E-state index is 5.97. The van der Waals surface area contributed by atoms with Crippen LogP contribution in [0.3, 0.4) is 0 Å². The second-order valence-corrected chi connectivity index (χ2v) is 3.96. The van der Waals surface area contributed by atoms with Crippen molar-refractivity contribution in [3.63, 3.8) is 0 Å². The van der Waals surface area contributed by atoms with Crippen molar-refractivity contribution >= 4 is 23.2 Å². The summed E-state index contributed by atoms with van der Waals surface area (Å²) in [6.45, 7) is 2.62. The molecule has 3 N–H and O–H groups in total. The van der Waals surface area contributed by atoms with E-state index in [4.69, 9.17) is 17.3 Å². The molecule has 2 rings (SSSR count). The lowest BCUT2D eigenvalue weighted by Gasteiger charge is -2.09. The van der Waals surface area contributed by atoms with Crippen LogP contribution in [0.1, 0.15) is 11.1 Å². The number of nitrogens with zero attached hydrogens (tertiary/aromatic N) is 3. The van der Waals surface area contributed by atoms with Crippen molar-refractivity contribution in [2.45, 2.75) is 13.5 Å². The maximum absolute atomic E-state index is 5.97. The summed E-state index contributed by atoms with van der Waals surface area (Å²) in [5, 5.41) is 3.45. The number of rotatable bonds is 3. The number of nitrogens with two attached hydrogens (primary N) is 1. The van der Waals surface area contributed by atoms with Gasteiger partial charge < -0.3 is 11.1 Å². The van der Waals surface area contributed by atoms with Gasteiger partial charge in [-0.2, -0.15) is 0 Å². The second kappa shape index (κ2) is 4.97. The highest BCUT2D eigenvalue weighted by atomic mass is 35.5. The van der Waals surface area contributed by atoms with Gasteiger partial charge in [-0.15, -0.1) is 0 Å². The van der Waals surface area contributed by atoms with Gasteiger partial charge in [-0.25, -0.2) is 9.97 Å². The molecule has 5 nitrogen and oxygen atoms in total. The number of nitrogens with one attached hydrogen (secondary N) is 1. The molecule has 0 amide bonds. The van der Waals surface area contributed by atoms with Crippen molar-refractivity contribution in [1.82, 2.24) is 15.0 Å². The number of anilines is 2. The van der Waals surface area contributed by atoms with Crippen molar-refractivity contribution in [2.75, 3.05) is 11.1 Å². The predicted molar refractivity (Wildman–Crippen MR) is 67.8 cm³/mol. The Morgan fingerprint density at radius 1 is 1.41 bits per heavy atom. The van der Waals surface area contributed by atoms with E-state index >= 15 is 0 Å². The number of aryl methyl sites for hydroxylation is 1. The average molecular weight is 250 g/mol. The summed E-state index contributed by atoms with van der Waals surface area (Å²) in [5.74, 6) is 0.800. The van der Waals surface area contributed by atoms with Crippen LogP contribution in [-0.4, -0.2) is 15.0 Å². The van der Waals surface area contributed by atoms with Gasteiger partial charge in [-0.3, -0.25) is 4.98 Å². The third-order valence-electron chi connectivity index (χ3n) is 2.41. The van der Waals surface area contributed by atoms with E-state index in [1.807, 2.05) is 13.0 Å². The molecule has 0 unspecified atom stereocenters. The van der Waals surface area contributed by atoms with Gasteiger partial charge in [0, 0.05) is 18.9 Å². The fourth-order valence-electron chi connectivity index (χ4n) is 1.37. The minimum Gasteiger partial charge on any atom is -0.382 e. The van der Waals surface area contributed by atoms with Crippen molar-refractivity contribution in [2.24, 2.45) is 0 Å². The molecule has 0 spiro atoms. The van der Waals surface area contributed by atoms with Crippen LogP contribution in [0.15, 0.2) is 24.8 Å². The molecule has 0 fully saturated rings. The van der Waals surface area contributed by atoms with Gasteiger partial charge in [0.05, 0.1) is 0 Å². The lowest BCUT2D eigenvalue weighted by molar-refractivity contribution is 1.05. The van der Waals surface area contributed by atoms with Crippen LogP contribution < -0.4 is 11.1 Å². The molecule has 0 aromatic carbocycles. The highest BCUT2D eigenvalue weighted by Gasteiger charge is 2.06. The molecule has 0 aliphatic heterocycles. The Morgan fingerprint density at radius 3 is 3.00 bits per heavy atom. The summed E-state index contributed by atoms with van der Waals surface area (Å²) < 4.78 is 0. The zero-order valence-electron chi connectivity index (χ0n) is 9.31. The monoisotopic (exact) mass is 249 g/mol. The van der Waals surface area contributed by atoms with E-state index in [0.717, 1.165) is 11.1 Å². The molecule has 6 heteroatoms. The van der Waals surface area contributed by atoms with E-state index < -0.39 is 0 Å². The Kier molecular flexibility index (Phi) is 3.39. The van der Waals surface area contributed by atoms with E-state index in [9.17, 15) is 0 Å².